The van der Waals surface area contributed by atoms with Gasteiger partial charge in [-0.15, -0.1) is 0 Å². The number of hydrogen-bond donors (Lipinski definition) is 1. The maximum Gasteiger partial charge on any atom is 0.411 e. The Morgan fingerprint density at radius 1 is 1.21 bits per heavy atom. The van der Waals surface area contributed by atoms with Gasteiger partial charge in [0, 0.05) is 13.1 Å². The molecule has 1 amide bonds. The van der Waals surface area contributed by atoms with Crippen LogP contribution >= 0.6 is 0 Å². The van der Waals surface area contributed by atoms with E-state index in [-0.39, 0.29) is 13.1 Å². The number of rotatable bonds is 6. The molecule has 1 heterocycles. The number of benzene rings is 1. The third-order valence-corrected chi connectivity index (χ3v) is 3.80. The standard InChI is InChI=1S/C18H26N2O4/c1-18(2,3)24-17(23)20(13-16(21)22)12-15-8-5-4-7-14(15)11-19-9-6-10-19/h4-5,7-8H,6,9-13H2,1-3H3,(H,21,22). The molecule has 1 saturated heterocycles. The highest BCUT2D eigenvalue weighted by Gasteiger charge is 2.25. The van der Waals surface area contributed by atoms with Gasteiger partial charge in [-0.2, -0.15) is 0 Å². The summed E-state index contributed by atoms with van der Waals surface area (Å²) in [5.41, 5.74) is 1.41. The highest BCUT2D eigenvalue weighted by atomic mass is 16.6. The van der Waals surface area contributed by atoms with Crippen molar-refractivity contribution < 1.29 is 19.4 Å². The SMILES string of the molecule is CC(C)(C)OC(=O)N(CC(=O)O)Cc1ccccc1CN1CCC1. The van der Waals surface area contributed by atoms with E-state index in [0.717, 1.165) is 30.8 Å². The predicted molar refractivity (Wildman–Crippen MR) is 90.6 cm³/mol. The first-order chi connectivity index (χ1) is 11.2. The van der Waals surface area contributed by atoms with E-state index in [9.17, 15) is 9.59 Å². The van der Waals surface area contributed by atoms with E-state index in [4.69, 9.17) is 9.84 Å². The van der Waals surface area contributed by atoms with Gasteiger partial charge >= 0.3 is 12.1 Å². The Balaban J connectivity index is 2.13. The molecule has 0 atom stereocenters. The molecular weight excluding hydrogens is 308 g/mol. The highest BCUT2D eigenvalue weighted by Crippen LogP contribution is 2.19. The topological polar surface area (TPSA) is 70.1 Å². The minimum atomic E-state index is -1.05. The number of likely N-dealkylation sites (tertiary alicyclic amines) is 1. The van der Waals surface area contributed by atoms with Crippen LogP contribution in [0.2, 0.25) is 0 Å². The zero-order valence-electron chi connectivity index (χ0n) is 14.6. The van der Waals surface area contributed by atoms with E-state index in [1.165, 1.54) is 11.3 Å². The maximum absolute atomic E-state index is 12.3. The molecule has 1 aliphatic heterocycles. The summed E-state index contributed by atoms with van der Waals surface area (Å²) in [6.45, 7) is 8.13. The number of ether oxygens (including phenoxy) is 1. The van der Waals surface area contributed by atoms with Crippen LogP contribution in [0.15, 0.2) is 24.3 Å². The fourth-order valence-electron chi connectivity index (χ4n) is 2.53. The molecule has 1 aliphatic rings. The minimum Gasteiger partial charge on any atom is -0.480 e. The number of aliphatic carboxylic acids is 1. The Morgan fingerprint density at radius 3 is 2.33 bits per heavy atom. The van der Waals surface area contributed by atoms with Gasteiger partial charge in [-0.1, -0.05) is 24.3 Å². The van der Waals surface area contributed by atoms with Gasteiger partial charge in [0.1, 0.15) is 12.1 Å². The molecule has 0 bridgehead atoms. The van der Waals surface area contributed by atoms with Crippen molar-refractivity contribution in [2.75, 3.05) is 19.6 Å². The third kappa shape index (κ3) is 5.53. The quantitative estimate of drug-likeness (QED) is 0.866. The molecule has 1 aromatic carbocycles. The molecule has 1 aromatic rings. The van der Waals surface area contributed by atoms with Crippen LogP contribution in [0, 0.1) is 0 Å². The normalized spacial score (nSPS) is 14.8. The Labute approximate surface area is 143 Å². The third-order valence-electron chi connectivity index (χ3n) is 3.80. The first-order valence-corrected chi connectivity index (χ1v) is 8.23. The lowest BCUT2D eigenvalue weighted by Crippen LogP contribution is -2.40. The summed E-state index contributed by atoms with van der Waals surface area (Å²) >= 11 is 0. The summed E-state index contributed by atoms with van der Waals surface area (Å²) < 4.78 is 5.34. The molecule has 24 heavy (non-hydrogen) atoms. The van der Waals surface area contributed by atoms with E-state index >= 15 is 0 Å². The number of carboxylic acid groups (broad SMARTS) is 1. The lowest BCUT2D eigenvalue weighted by molar-refractivity contribution is -0.138. The predicted octanol–water partition coefficient (Wildman–Crippen LogP) is 2.71. The van der Waals surface area contributed by atoms with Crippen molar-refractivity contribution >= 4 is 12.1 Å². The monoisotopic (exact) mass is 334 g/mol. The van der Waals surface area contributed by atoms with Gasteiger partial charge in [0.05, 0.1) is 0 Å². The number of carbonyl (C=O) groups excluding carboxylic acids is 1. The van der Waals surface area contributed by atoms with Crippen LogP contribution in [0.5, 0.6) is 0 Å². The van der Waals surface area contributed by atoms with E-state index in [1.54, 1.807) is 20.8 Å². The van der Waals surface area contributed by atoms with Crippen molar-refractivity contribution in [1.82, 2.24) is 9.80 Å². The van der Waals surface area contributed by atoms with Gasteiger partial charge < -0.3 is 9.84 Å². The lowest BCUT2D eigenvalue weighted by atomic mass is 10.0. The van der Waals surface area contributed by atoms with Crippen molar-refractivity contribution in [3.8, 4) is 0 Å². The van der Waals surface area contributed by atoms with Crippen LogP contribution in [0.3, 0.4) is 0 Å². The number of hydrogen-bond acceptors (Lipinski definition) is 4. The zero-order valence-corrected chi connectivity index (χ0v) is 14.6. The van der Waals surface area contributed by atoms with Crippen LogP contribution in [0.25, 0.3) is 0 Å². The Morgan fingerprint density at radius 2 is 1.83 bits per heavy atom. The first kappa shape index (κ1) is 18.3. The lowest BCUT2D eigenvalue weighted by Gasteiger charge is -2.32. The van der Waals surface area contributed by atoms with Crippen molar-refractivity contribution in [2.24, 2.45) is 0 Å². The van der Waals surface area contributed by atoms with Crippen LogP contribution in [0.4, 0.5) is 4.79 Å². The fraction of sp³-hybridized carbons (Fsp3) is 0.556. The van der Waals surface area contributed by atoms with Crippen LogP contribution < -0.4 is 0 Å². The zero-order chi connectivity index (χ0) is 17.7. The van der Waals surface area contributed by atoms with Gasteiger partial charge in [-0.05, 0) is 51.4 Å². The van der Waals surface area contributed by atoms with E-state index in [2.05, 4.69) is 4.90 Å². The van der Waals surface area contributed by atoms with E-state index in [0.29, 0.717) is 0 Å². The maximum atomic E-state index is 12.3. The molecule has 0 aliphatic carbocycles. The first-order valence-electron chi connectivity index (χ1n) is 8.23. The smallest absolute Gasteiger partial charge is 0.411 e. The van der Waals surface area contributed by atoms with Gasteiger partial charge in [-0.25, -0.2) is 4.79 Å². The van der Waals surface area contributed by atoms with Gasteiger partial charge in [-0.3, -0.25) is 14.6 Å². The van der Waals surface area contributed by atoms with Crippen LogP contribution in [-0.2, 0) is 22.6 Å². The molecule has 0 spiro atoms. The number of amides is 1. The molecule has 2 rings (SSSR count). The van der Waals surface area contributed by atoms with Crippen molar-refractivity contribution in [3.05, 3.63) is 35.4 Å². The minimum absolute atomic E-state index is 0.227. The van der Waals surface area contributed by atoms with E-state index < -0.39 is 17.7 Å². The van der Waals surface area contributed by atoms with Crippen LogP contribution in [0.1, 0.15) is 38.3 Å². The van der Waals surface area contributed by atoms with Crippen molar-refractivity contribution in [3.63, 3.8) is 0 Å². The molecule has 1 N–H and O–H groups in total. The molecule has 0 aromatic heterocycles. The average Bonchev–Trinajstić information content (AvgIpc) is 2.41. The Bertz CT molecular complexity index is 591. The van der Waals surface area contributed by atoms with Crippen molar-refractivity contribution in [2.45, 2.75) is 45.9 Å². The Kier molecular flexibility index (Phi) is 5.83. The molecule has 132 valence electrons. The Hall–Kier alpha value is -2.08. The largest absolute Gasteiger partial charge is 0.480 e. The van der Waals surface area contributed by atoms with Gasteiger partial charge in [0.15, 0.2) is 0 Å². The number of nitrogens with zero attached hydrogens (tertiary/aromatic N) is 2. The molecule has 1 fully saturated rings. The number of carbonyl (C=O) groups is 2. The summed E-state index contributed by atoms with van der Waals surface area (Å²) in [5.74, 6) is -1.05. The second-order valence-electron chi connectivity index (χ2n) is 7.13. The van der Waals surface area contributed by atoms with Crippen molar-refractivity contribution in [1.29, 1.82) is 0 Å². The second kappa shape index (κ2) is 7.66. The van der Waals surface area contributed by atoms with Crippen LogP contribution in [-0.4, -0.2) is 52.2 Å². The average molecular weight is 334 g/mol. The summed E-state index contributed by atoms with van der Waals surface area (Å²) in [6.07, 6.45) is 0.606. The highest BCUT2D eigenvalue weighted by molar-refractivity contribution is 5.77. The molecule has 6 nitrogen and oxygen atoms in total. The number of carboxylic acids is 1. The molecule has 6 heteroatoms. The van der Waals surface area contributed by atoms with E-state index in [1.807, 2.05) is 24.3 Å². The molecule has 0 saturated carbocycles. The summed E-state index contributed by atoms with van der Waals surface area (Å²) in [4.78, 5) is 27.0. The second-order valence-corrected chi connectivity index (χ2v) is 7.13. The molecular formula is C18H26N2O4. The summed E-state index contributed by atoms with van der Waals surface area (Å²) in [7, 11) is 0. The molecule has 0 radical (unpaired) electrons. The van der Waals surface area contributed by atoms with Gasteiger partial charge in [0.25, 0.3) is 0 Å². The van der Waals surface area contributed by atoms with Gasteiger partial charge in [0.2, 0.25) is 0 Å². The summed E-state index contributed by atoms with van der Waals surface area (Å²) in [6, 6.07) is 7.84. The summed E-state index contributed by atoms with van der Waals surface area (Å²) in [5, 5.41) is 9.11. The fourth-order valence-corrected chi connectivity index (χ4v) is 2.53. The molecule has 0 unspecified atom stereocenters.